The minimum absolute atomic E-state index is 0.00411. The molecule has 0 aliphatic carbocycles. The van der Waals surface area contributed by atoms with Crippen LogP contribution in [0, 0.1) is 5.92 Å². The molecule has 2 aromatic rings. The van der Waals surface area contributed by atoms with Crippen LogP contribution >= 0.6 is 0 Å². The van der Waals surface area contributed by atoms with Crippen LogP contribution in [0.2, 0.25) is 0 Å². The zero-order valence-corrected chi connectivity index (χ0v) is 18.0. The van der Waals surface area contributed by atoms with Crippen molar-refractivity contribution in [2.45, 2.75) is 25.4 Å². The van der Waals surface area contributed by atoms with Crippen LogP contribution in [0.4, 0.5) is 11.5 Å². The van der Waals surface area contributed by atoms with Crippen molar-refractivity contribution >= 4 is 23.3 Å². The quantitative estimate of drug-likeness (QED) is 0.747. The minimum Gasteiger partial charge on any atom is -0.381 e. The molecule has 1 aromatic heterocycles. The molecule has 8 nitrogen and oxygen atoms in total. The van der Waals surface area contributed by atoms with Crippen molar-refractivity contribution in [2.75, 3.05) is 49.7 Å². The fraction of sp³-hybridized carbons (Fsp3) is 0.458. The summed E-state index contributed by atoms with van der Waals surface area (Å²) in [5, 5.41) is 6.04. The number of nitrogens with zero attached hydrogens (tertiary/aromatic N) is 2. The van der Waals surface area contributed by atoms with E-state index in [4.69, 9.17) is 9.47 Å². The van der Waals surface area contributed by atoms with Crippen molar-refractivity contribution in [3.05, 3.63) is 53.2 Å². The van der Waals surface area contributed by atoms with E-state index in [2.05, 4.69) is 27.8 Å². The molecule has 0 radical (unpaired) electrons. The molecule has 4 heterocycles. The van der Waals surface area contributed by atoms with E-state index in [-0.39, 0.29) is 24.5 Å². The third-order valence-corrected chi connectivity index (χ3v) is 6.45. The number of pyridine rings is 1. The first kappa shape index (κ1) is 20.9. The summed E-state index contributed by atoms with van der Waals surface area (Å²) in [4.78, 5) is 31.8. The number of aromatic nitrogens is 1. The van der Waals surface area contributed by atoms with Crippen molar-refractivity contribution in [2.24, 2.45) is 5.92 Å². The SMILES string of the molecule is O=C(NCC1OCCc2ccccc21)c1cnc2c(c1)N(CC1CCOCC1)C(=O)CN2. The van der Waals surface area contributed by atoms with E-state index in [1.54, 1.807) is 17.2 Å². The number of rotatable bonds is 5. The van der Waals surface area contributed by atoms with E-state index in [0.717, 1.165) is 38.0 Å². The van der Waals surface area contributed by atoms with Gasteiger partial charge in [-0.05, 0) is 42.4 Å². The predicted octanol–water partition coefficient (Wildman–Crippen LogP) is 2.31. The third kappa shape index (κ3) is 4.33. The second-order valence-electron chi connectivity index (χ2n) is 8.52. The highest BCUT2D eigenvalue weighted by atomic mass is 16.5. The number of benzene rings is 1. The first-order valence-electron chi connectivity index (χ1n) is 11.3. The second-order valence-corrected chi connectivity index (χ2v) is 8.52. The molecular weight excluding hydrogens is 408 g/mol. The number of anilines is 2. The largest absolute Gasteiger partial charge is 0.381 e. The second kappa shape index (κ2) is 9.26. The molecule has 3 aliphatic heterocycles. The van der Waals surface area contributed by atoms with Crippen molar-refractivity contribution in [3.8, 4) is 0 Å². The topological polar surface area (TPSA) is 92.8 Å². The van der Waals surface area contributed by atoms with Crippen LogP contribution in [-0.2, 0) is 20.7 Å². The number of carbonyl (C=O) groups excluding carboxylic acids is 2. The average molecular weight is 437 g/mol. The van der Waals surface area contributed by atoms with Gasteiger partial charge in [-0.3, -0.25) is 9.59 Å². The van der Waals surface area contributed by atoms with Crippen molar-refractivity contribution in [1.29, 1.82) is 0 Å². The number of hydrogen-bond acceptors (Lipinski definition) is 6. The summed E-state index contributed by atoms with van der Waals surface area (Å²) < 4.78 is 11.3. The molecule has 2 amide bonds. The van der Waals surface area contributed by atoms with Gasteiger partial charge in [0.1, 0.15) is 11.9 Å². The minimum atomic E-state index is -0.226. The third-order valence-electron chi connectivity index (χ3n) is 6.45. The fourth-order valence-corrected chi connectivity index (χ4v) is 4.63. The Kier molecular flexibility index (Phi) is 6.05. The molecule has 168 valence electrons. The molecule has 2 N–H and O–H groups in total. The number of fused-ring (bicyclic) bond motifs is 2. The number of ether oxygens (including phenoxy) is 2. The molecular formula is C24H28N4O4. The standard InChI is InChI=1S/C24H28N4O4/c29-22-14-26-23-20(28(22)15-16-5-8-31-9-6-16)11-18(12-25-23)24(30)27-13-21-19-4-2-1-3-17(19)7-10-32-21/h1-4,11-12,16,21H,5-10,13-15H2,(H,25,26)(H,27,30). The van der Waals surface area contributed by atoms with Gasteiger partial charge in [0.15, 0.2) is 0 Å². The zero-order chi connectivity index (χ0) is 21.9. The number of hydrogen-bond donors (Lipinski definition) is 2. The maximum absolute atomic E-state index is 12.9. The highest BCUT2D eigenvalue weighted by molar-refractivity contribution is 6.04. The molecule has 5 rings (SSSR count). The Morgan fingerprint density at radius 2 is 2.06 bits per heavy atom. The molecule has 3 aliphatic rings. The van der Waals surface area contributed by atoms with Gasteiger partial charge in [-0.2, -0.15) is 0 Å². The van der Waals surface area contributed by atoms with E-state index < -0.39 is 0 Å². The van der Waals surface area contributed by atoms with Gasteiger partial charge in [-0.15, -0.1) is 0 Å². The molecule has 1 fully saturated rings. The summed E-state index contributed by atoms with van der Waals surface area (Å²) in [6.45, 7) is 3.32. The highest BCUT2D eigenvalue weighted by Crippen LogP contribution is 2.31. The summed E-state index contributed by atoms with van der Waals surface area (Å²) in [5.74, 6) is 0.795. The van der Waals surface area contributed by atoms with E-state index in [0.29, 0.717) is 42.7 Å². The summed E-state index contributed by atoms with van der Waals surface area (Å²) >= 11 is 0. The van der Waals surface area contributed by atoms with Gasteiger partial charge in [0, 0.05) is 32.5 Å². The van der Waals surface area contributed by atoms with Gasteiger partial charge in [-0.25, -0.2) is 4.98 Å². The van der Waals surface area contributed by atoms with Crippen molar-refractivity contribution < 1.29 is 19.1 Å². The van der Waals surface area contributed by atoms with Crippen LogP contribution in [0.5, 0.6) is 0 Å². The average Bonchev–Trinajstić information content (AvgIpc) is 2.84. The normalized spacial score (nSPS) is 20.8. The van der Waals surface area contributed by atoms with E-state index >= 15 is 0 Å². The van der Waals surface area contributed by atoms with Crippen LogP contribution < -0.4 is 15.5 Å². The maximum Gasteiger partial charge on any atom is 0.253 e. The van der Waals surface area contributed by atoms with Crippen LogP contribution in [0.15, 0.2) is 36.5 Å². The van der Waals surface area contributed by atoms with Crippen molar-refractivity contribution in [3.63, 3.8) is 0 Å². The molecule has 0 saturated carbocycles. The Bertz CT molecular complexity index is 1010. The number of amides is 2. The summed E-state index contributed by atoms with van der Waals surface area (Å²) in [5.41, 5.74) is 3.49. The molecule has 1 saturated heterocycles. The van der Waals surface area contributed by atoms with Gasteiger partial charge >= 0.3 is 0 Å². The zero-order valence-electron chi connectivity index (χ0n) is 18.0. The highest BCUT2D eigenvalue weighted by Gasteiger charge is 2.29. The predicted molar refractivity (Wildman–Crippen MR) is 120 cm³/mol. The summed E-state index contributed by atoms with van der Waals surface area (Å²) in [7, 11) is 0. The van der Waals surface area contributed by atoms with E-state index in [1.807, 2.05) is 12.1 Å². The van der Waals surface area contributed by atoms with Gasteiger partial charge in [-0.1, -0.05) is 24.3 Å². The lowest BCUT2D eigenvalue weighted by molar-refractivity contribution is -0.117. The summed E-state index contributed by atoms with van der Waals surface area (Å²) in [6.07, 6.45) is 4.15. The lowest BCUT2D eigenvalue weighted by Gasteiger charge is -2.33. The molecule has 32 heavy (non-hydrogen) atoms. The monoisotopic (exact) mass is 436 g/mol. The molecule has 8 heteroatoms. The van der Waals surface area contributed by atoms with Gasteiger partial charge in [0.25, 0.3) is 5.91 Å². The smallest absolute Gasteiger partial charge is 0.253 e. The van der Waals surface area contributed by atoms with Crippen LogP contribution in [0.1, 0.15) is 40.4 Å². The first-order valence-corrected chi connectivity index (χ1v) is 11.3. The fourth-order valence-electron chi connectivity index (χ4n) is 4.63. The van der Waals surface area contributed by atoms with Gasteiger partial charge in [0.2, 0.25) is 5.91 Å². The molecule has 1 aromatic carbocycles. The Balaban J connectivity index is 1.29. The van der Waals surface area contributed by atoms with Crippen molar-refractivity contribution in [1.82, 2.24) is 10.3 Å². The number of nitrogens with one attached hydrogen (secondary N) is 2. The van der Waals surface area contributed by atoms with E-state index in [9.17, 15) is 9.59 Å². The van der Waals surface area contributed by atoms with Gasteiger partial charge < -0.3 is 25.0 Å². The van der Waals surface area contributed by atoms with Gasteiger partial charge in [0.05, 0.1) is 24.4 Å². The Labute approximate surface area is 187 Å². The molecule has 1 atom stereocenters. The van der Waals surface area contributed by atoms with Crippen LogP contribution in [-0.4, -0.2) is 56.3 Å². The Morgan fingerprint density at radius 3 is 2.94 bits per heavy atom. The van der Waals surface area contributed by atoms with Crippen LogP contribution in [0.25, 0.3) is 0 Å². The van der Waals surface area contributed by atoms with E-state index in [1.165, 1.54) is 5.56 Å². The van der Waals surface area contributed by atoms with Crippen LogP contribution in [0.3, 0.4) is 0 Å². The molecule has 0 spiro atoms. The Hall–Kier alpha value is -2.97. The number of carbonyl (C=O) groups is 2. The molecule has 1 unspecified atom stereocenters. The summed E-state index contributed by atoms with van der Waals surface area (Å²) in [6, 6.07) is 9.94. The maximum atomic E-state index is 12.9. The lowest BCUT2D eigenvalue weighted by Crippen LogP contribution is -2.44. The Morgan fingerprint density at radius 1 is 1.22 bits per heavy atom. The molecule has 0 bridgehead atoms. The lowest BCUT2D eigenvalue weighted by atomic mass is 9.97. The first-order chi connectivity index (χ1) is 15.7.